The normalized spacial score (nSPS) is 19.6. The van der Waals surface area contributed by atoms with Crippen molar-refractivity contribution < 1.29 is 4.74 Å². The van der Waals surface area contributed by atoms with Crippen LogP contribution in [-0.2, 0) is 11.2 Å². The molecule has 1 aromatic rings. The number of anilines is 2. The maximum atomic E-state index is 5.79. The fourth-order valence-corrected chi connectivity index (χ4v) is 2.51. The molecule has 0 bridgehead atoms. The van der Waals surface area contributed by atoms with E-state index < -0.39 is 0 Å². The SMILES string of the molecule is Nc1ccc2c(c1)CCN2CCC1COC1. The number of fused-ring (bicyclic) bond motifs is 1. The second kappa shape index (κ2) is 3.98. The Labute approximate surface area is 96.2 Å². The molecular formula is C13H18N2O. The lowest BCUT2D eigenvalue weighted by molar-refractivity contribution is -0.0343. The molecule has 0 aliphatic carbocycles. The van der Waals surface area contributed by atoms with Crippen molar-refractivity contribution >= 4 is 11.4 Å². The zero-order valence-corrected chi connectivity index (χ0v) is 9.48. The van der Waals surface area contributed by atoms with Crippen molar-refractivity contribution in [3.05, 3.63) is 23.8 Å². The smallest absolute Gasteiger partial charge is 0.0517 e. The zero-order valence-electron chi connectivity index (χ0n) is 9.48. The average molecular weight is 218 g/mol. The predicted molar refractivity (Wildman–Crippen MR) is 65.7 cm³/mol. The number of nitrogens with two attached hydrogens (primary N) is 1. The van der Waals surface area contributed by atoms with Crippen LogP contribution in [0.4, 0.5) is 11.4 Å². The maximum Gasteiger partial charge on any atom is 0.0517 e. The monoisotopic (exact) mass is 218 g/mol. The van der Waals surface area contributed by atoms with E-state index in [-0.39, 0.29) is 0 Å². The molecule has 3 heteroatoms. The molecule has 1 aromatic carbocycles. The number of nitrogen functional groups attached to an aromatic ring is 1. The minimum absolute atomic E-state index is 0.790. The lowest BCUT2D eigenvalue weighted by Gasteiger charge is -2.28. The zero-order chi connectivity index (χ0) is 11.0. The number of nitrogens with zero attached hydrogens (tertiary/aromatic N) is 1. The van der Waals surface area contributed by atoms with E-state index in [4.69, 9.17) is 10.5 Å². The molecule has 2 heterocycles. The summed E-state index contributed by atoms with van der Waals surface area (Å²) in [6, 6.07) is 6.28. The number of rotatable bonds is 3. The maximum absolute atomic E-state index is 5.79. The summed E-state index contributed by atoms with van der Waals surface area (Å²) in [5.41, 5.74) is 9.47. The topological polar surface area (TPSA) is 38.5 Å². The van der Waals surface area contributed by atoms with Crippen molar-refractivity contribution in [2.75, 3.05) is 36.9 Å². The first-order valence-electron chi connectivity index (χ1n) is 6.04. The van der Waals surface area contributed by atoms with Gasteiger partial charge in [0.25, 0.3) is 0 Å². The standard InChI is InChI=1S/C13H18N2O/c14-12-1-2-13-11(7-12)4-6-15(13)5-3-10-8-16-9-10/h1-2,7,10H,3-6,8-9,14H2. The van der Waals surface area contributed by atoms with E-state index in [1.807, 2.05) is 6.07 Å². The Bertz CT molecular complexity index is 388. The Balaban J connectivity index is 1.66. The van der Waals surface area contributed by atoms with Gasteiger partial charge in [-0.2, -0.15) is 0 Å². The van der Waals surface area contributed by atoms with Gasteiger partial charge in [-0.1, -0.05) is 0 Å². The Morgan fingerprint density at radius 3 is 3.00 bits per heavy atom. The van der Waals surface area contributed by atoms with Crippen LogP contribution in [0, 0.1) is 5.92 Å². The summed E-state index contributed by atoms with van der Waals surface area (Å²) in [6.45, 7) is 4.22. The molecule has 2 aliphatic heterocycles. The van der Waals surface area contributed by atoms with Gasteiger partial charge in [0.1, 0.15) is 0 Å². The van der Waals surface area contributed by atoms with Crippen LogP contribution in [0.15, 0.2) is 18.2 Å². The lowest BCUT2D eigenvalue weighted by atomic mass is 10.0. The summed E-state index contributed by atoms with van der Waals surface area (Å²) in [5, 5.41) is 0. The molecule has 0 unspecified atom stereocenters. The van der Waals surface area contributed by atoms with E-state index in [2.05, 4.69) is 17.0 Å². The largest absolute Gasteiger partial charge is 0.399 e. The number of ether oxygens (including phenoxy) is 1. The first kappa shape index (κ1) is 9.97. The van der Waals surface area contributed by atoms with Gasteiger partial charge in [-0.05, 0) is 36.6 Å². The third-order valence-corrected chi connectivity index (χ3v) is 3.61. The molecule has 0 aromatic heterocycles. The van der Waals surface area contributed by atoms with Crippen LogP contribution in [0.25, 0.3) is 0 Å². The molecule has 3 nitrogen and oxygen atoms in total. The van der Waals surface area contributed by atoms with E-state index in [0.29, 0.717) is 0 Å². The van der Waals surface area contributed by atoms with Gasteiger partial charge in [0.05, 0.1) is 13.2 Å². The highest BCUT2D eigenvalue weighted by Gasteiger charge is 2.22. The molecule has 0 spiro atoms. The van der Waals surface area contributed by atoms with Crippen molar-refractivity contribution in [3.8, 4) is 0 Å². The predicted octanol–water partition coefficient (Wildman–Crippen LogP) is 1.67. The molecule has 2 N–H and O–H groups in total. The molecule has 1 saturated heterocycles. The minimum Gasteiger partial charge on any atom is -0.399 e. The van der Waals surface area contributed by atoms with Gasteiger partial charge in [0.2, 0.25) is 0 Å². The first-order valence-corrected chi connectivity index (χ1v) is 6.04. The Morgan fingerprint density at radius 1 is 1.38 bits per heavy atom. The van der Waals surface area contributed by atoms with Crippen LogP contribution >= 0.6 is 0 Å². The van der Waals surface area contributed by atoms with Crippen molar-refractivity contribution in [2.45, 2.75) is 12.8 Å². The van der Waals surface area contributed by atoms with E-state index in [1.54, 1.807) is 0 Å². The molecule has 0 atom stereocenters. The van der Waals surface area contributed by atoms with Crippen molar-refractivity contribution in [2.24, 2.45) is 5.92 Å². The van der Waals surface area contributed by atoms with Crippen LogP contribution in [0.1, 0.15) is 12.0 Å². The second-order valence-electron chi connectivity index (χ2n) is 4.82. The molecule has 0 radical (unpaired) electrons. The van der Waals surface area contributed by atoms with Gasteiger partial charge < -0.3 is 15.4 Å². The molecule has 3 rings (SSSR count). The molecular weight excluding hydrogens is 200 g/mol. The molecule has 86 valence electrons. The van der Waals surface area contributed by atoms with Gasteiger partial charge in [-0.15, -0.1) is 0 Å². The number of hydrogen-bond donors (Lipinski definition) is 1. The van der Waals surface area contributed by atoms with E-state index in [0.717, 1.165) is 44.3 Å². The Morgan fingerprint density at radius 2 is 2.25 bits per heavy atom. The second-order valence-corrected chi connectivity index (χ2v) is 4.82. The van der Waals surface area contributed by atoms with Crippen molar-refractivity contribution in [1.29, 1.82) is 0 Å². The Hall–Kier alpha value is -1.22. The van der Waals surface area contributed by atoms with Crippen LogP contribution in [0.5, 0.6) is 0 Å². The molecule has 0 amide bonds. The molecule has 1 fully saturated rings. The number of benzene rings is 1. The van der Waals surface area contributed by atoms with Gasteiger partial charge in [-0.3, -0.25) is 0 Å². The van der Waals surface area contributed by atoms with Crippen LogP contribution in [0.2, 0.25) is 0 Å². The first-order chi connectivity index (χ1) is 7.83. The number of hydrogen-bond acceptors (Lipinski definition) is 3. The van der Waals surface area contributed by atoms with Crippen LogP contribution in [-0.4, -0.2) is 26.3 Å². The van der Waals surface area contributed by atoms with Crippen LogP contribution < -0.4 is 10.6 Å². The molecule has 2 aliphatic rings. The highest BCUT2D eigenvalue weighted by atomic mass is 16.5. The van der Waals surface area contributed by atoms with Gasteiger partial charge >= 0.3 is 0 Å². The van der Waals surface area contributed by atoms with Gasteiger partial charge in [0.15, 0.2) is 0 Å². The van der Waals surface area contributed by atoms with E-state index >= 15 is 0 Å². The summed E-state index contributed by atoms with van der Waals surface area (Å²) in [5.74, 6) is 0.790. The van der Waals surface area contributed by atoms with Crippen LogP contribution in [0.3, 0.4) is 0 Å². The fourth-order valence-electron chi connectivity index (χ4n) is 2.51. The van der Waals surface area contributed by atoms with Crippen molar-refractivity contribution in [3.63, 3.8) is 0 Å². The average Bonchev–Trinajstić information content (AvgIpc) is 2.58. The lowest BCUT2D eigenvalue weighted by Crippen LogP contribution is -2.32. The third-order valence-electron chi connectivity index (χ3n) is 3.61. The minimum atomic E-state index is 0.790. The van der Waals surface area contributed by atoms with Gasteiger partial charge in [0, 0.05) is 30.4 Å². The van der Waals surface area contributed by atoms with Crippen molar-refractivity contribution in [1.82, 2.24) is 0 Å². The molecule has 16 heavy (non-hydrogen) atoms. The summed E-state index contributed by atoms with van der Waals surface area (Å²) in [6.07, 6.45) is 2.39. The fraction of sp³-hybridized carbons (Fsp3) is 0.538. The quantitative estimate of drug-likeness (QED) is 0.784. The summed E-state index contributed by atoms with van der Waals surface area (Å²) < 4.78 is 5.20. The third kappa shape index (κ3) is 1.76. The van der Waals surface area contributed by atoms with E-state index in [1.165, 1.54) is 17.7 Å². The summed E-state index contributed by atoms with van der Waals surface area (Å²) >= 11 is 0. The highest BCUT2D eigenvalue weighted by Crippen LogP contribution is 2.30. The van der Waals surface area contributed by atoms with Gasteiger partial charge in [-0.25, -0.2) is 0 Å². The molecule has 0 saturated carbocycles. The Kier molecular flexibility index (Phi) is 2.48. The highest BCUT2D eigenvalue weighted by molar-refractivity contribution is 5.62. The van der Waals surface area contributed by atoms with E-state index in [9.17, 15) is 0 Å². The summed E-state index contributed by atoms with van der Waals surface area (Å²) in [4.78, 5) is 2.48. The summed E-state index contributed by atoms with van der Waals surface area (Å²) in [7, 11) is 0.